The van der Waals surface area contributed by atoms with E-state index in [9.17, 15) is 13.2 Å². The van der Waals surface area contributed by atoms with Crippen LogP contribution in [0.5, 0.6) is 0 Å². The summed E-state index contributed by atoms with van der Waals surface area (Å²) in [5.74, 6) is 0.309. The molecule has 0 radical (unpaired) electrons. The first-order valence-corrected chi connectivity index (χ1v) is 10.9. The maximum Gasteiger partial charge on any atom is 0.237 e. The zero-order valence-corrected chi connectivity index (χ0v) is 15.9. The van der Waals surface area contributed by atoms with Gasteiger partial charge >= 0.3 is 0 Å². The maximum atomic E-state index is 12.8. The topological polar surface area (TPSA) is 66.9 Å². The van der Waals surface area contributed by atoms with Crippen molar-refractivity contribution in [3.05, 3.63) is 0 Å². The summed E-state index contributed by atoms with van der Waals surface area (Å²) in [5, 5.41) is 0. The van der Waals surface area contributed by atoms with Crippen molar-refractivity contribution in [2.24, 2.45) is 0 Å². The van der Waals surface area contributed by atoms with Gasteiger partial charge in [0.25, 0.3) is 0 Å². The van der Waals surface area contributed by atoms with Crippen LogP contribution in [0.4, 0.5) is 0 Å². The molecule has 1 unspecified atom stereocenters. The van der Waals surface area contributed by atoms with Crippen molar-refractivity contribution >= 4 is 15.7 Å². The van der Waals surface area contributed by atoms with Gasteiger partial charge in [-0.2, -0.15) is 0 Å². The molecule has 2 fully saturated rings. The molecule has 6 nitrogen and oxygen atoms in total. The van der Waals surface area contributed by atoms with Gasteiger partial charge in [0.2, 0.25) is 5.91 Å². The zero-order valence-electron chi connectivity index (χ0n) is 15.1. The molecular formula is C17H32N2O4S. The van der Waals surface area contributed by atoms with Gasteiger partial charge in [-0.15, -0.1) is 0 Å². The predicted octanol–water partition coefficient (Wildman–Crippen LogP) is 1.30. The highest BCUT2D eigenvalue weighted by molar-refractivity contribution is 7.91. The monoisotopic (exact) mass is 360 g/mol. The molecule has 1 saturated heterocycles. The van der Waals surface area contributed by atoms with Crippen LogP contribution in [0.15, 0.2) is 0 Å². The standard InChI is InChI=1S/C17H32N2O4S/c1-18(15-7-5-3-4-6-8-15)13-17(20)19(10-11-23-2)16-9-12-24(21,22)14-16/h15-16H,3-14H2,1-2H3. The van der Waals surface area contributed by atoms with Gasteiger partial charge in [0, 0.05) is 25.7 Å². The molecule has 1 saturated carbocycles. The minimum atomic E-state index is -3.00. The van der Waals surface area contributed by atoms with Gasteiger partial charge in [0.05, 0.1) is 24.7 Å². The van der Waals surface area contributed by atoms with E-state index < -0.39 is 9.84 Å². The zero-order chi connectivity index (χ0) is 17.6. The van der Waals surface area contributed by atoms with Crippen LogP contribution in [0.3, 0.4) is 0 Å². The Balaban J connectivity index is 1.96. The third-order valence-corrected chi connectivity index (χ3v) is 7.09. The van der Waals surface area contributed by atoms with E-state index in [0.29, 0.717) is 32.2 Å². The number of rotatable bonds is 7. The molecule has 1 amide bonds. The summed E-state index contributed by atoms with van der Waals surface area (Å²) < 4.78 is 28.7. The van der Waals surface area contributed by atoms with E-state index in [2.05, 4.69) is 4.90 Å². The molecule has 0 N–H and O–H groups in total. The molecule has 140 valence electrons. The highest BCUT2D eigenvalue weighted by Crippen LogP contribution is 2.22. The Hall–Kier alpha value is -0.660. The van der Waals surface area contributed by atoms with Crippen LogP contribution in [0, 0.1) is 0 Å². The van der Waals surface area contributed by atoms with Gasteiger partial charge in [-0.25, -0.2) is 8.42 Å². The van der Waals surface area contributed by atoms with Crippen molar-refractivity contribution in [3.63, 3.8) is 0 Å². The molecule has 24 heavy (non-hydrogen) atoms. The van der Waals surface area contributed by atoms with Gasteiger partial charge in [0.15, 0.2) is 9.84 Å². The third kappa shape index (κ3) is 5.70. The van der Waals surface area contributed by atoms with Crippen LogP contribution in [-0.2, 0) is 19.4 Å². The van der Waals surface area contributed by atoms with E-state index >= 15 is 0 Å². The summed E-state index contributed by atoms with van der Waals surface area (Å²) in [7, 11) is 0.623. The molecule has 0 aromatic carbocycles. The van der Waals surface area contributed by atoms with Crippen LogP contribution in [0.25, 0.3) is 0 Å². The van der Waals surface area contributed by atoms with Crippen molar-refractivity contribution in [2.75, 3.05) is 45.4 Å². The fourth-order valence-corrected chi connectivity index (χ4v) is 5.58. The lowest BCUT2D eigenvalue weighted by molar-refractivity contribution is -0.135. The Morgan fingerprint density at radius 2 is 1.75 bits per heavy atom. The van der Waals surface area contributed by atoms with Crippen molar-refractivity contribution < 1.29 is 17.9 Å². The number of hydrogen-bond acceptors (Lipinski definition) is 5. The van der Waals surface area contributed by atoms with E-state index in [0.717, 1.165) is 12.8 Å². The molecule has 0 spiro atoms. The summed E-state index contributed by atoms with van der Waals surface area (Å²) >= 11 is 0. The fourth-order valence-electron chi connectivity index (χ4n) is 3.85. The van der Waals surface area contributed by atoms with E-state index in [-0.39, 0.29) is 23.5 Å². The molecular weight excluding hydrogens is 328 g/mol. The van der Waals surface area contributed by atoms with Crippen molar-refractivity contribution in [3.8, 4) is 0 Å². The molecule has 1 aliphatic carbocycles. The number of sulfone groups is 1. The largest absolute Gasteiger partial charge is 0.383 e. The molecule has 1 atom stereocenters. The first-order chi connectivity index (χ1) is 11.4. The molecule has 0 aromatic heterocycles. The Kier molecular flexibility index (Phi) is 7.50. The number of carbonyl (C=O) groups is 1. The Morgan fingerprint density at radius 3 is 2.29 bits per heavy atom. The molecule has 1 heterocycles. The SMILES string of the molecule is COCCN(C(=O)CN(C)C1CCCCCC1)C1CCS(=O)(=O)C1. The number of carbonyl (C=O) groups excluding carboxylic acids is 1. The van der Waals surface area contributed by atoms with Crippen molar-refractivity contribution in [1.29, 1.82) is 0 Å². The third-order valence-electron chi connectivity index (χ3n) is 5.34. The second-order valence-corrected chi connectivity index (χ2v) is 9.43. The highest BCUT2D eigenvalue weighted by Gasteiger charge is 2.35. The average molecular weight is 361 g/mol. The number of likely N-dealkylation sites (N-methyl/N-ethyl adjacent to an activating group) is 1. The van der Waals surface area contributed by atoms with E-state index in [4.69, 9.17) is 4.74 Å². The molecule has 2 aliphatic rings. The number of amides is 1. The number of hydrogen-bond donors (Lipinski definition) is 0. The van der Waals surface area contributed by atoms with Gasteiger partial charge in [-0.1, -0.05) is 25.7 Å². The fraction of sp³-hybridized carbons (Fsp3) is 0.941. The van der Waals surface area contributed by atoms with Crippen molar-refractivity contribution in [1.82, 2.24) is 9.80 Å². The van der Waals surface area contributed by atoms with Gasteiger partial charge in [-0.3, -0.25) is 9.69 Å². The first-order valence-electron chi connectivity index (χ1n) is 9.12. The second-order valence-electron chi connectivity index (χ2n) is 7.20. The van der Waals surface area contributed by atoms with Crippen LogP contribution < -0.4 is 0 Å². The van der Waals surface area contributed by atoms with Gasteiger partial charge in [-0.05, 0) is 26.3 Å². The molecule has 0 bridgehead atoms. The number of nitrogens with zero attached hydrogens (tertiary/aromatic N) is 2. The second kappa shape index (κ2) is 9.15. The minimum absolute atomic E-state index is 0.0286. The smallest absolute Gasteiger partial charge is 0.237 e. The van der Waals surface area contributed by atoms with E-state index in [1.807, 2.05) is 7.05 Å². The summed E-state index contributed by atoms with van der Waals surface area (Å²) in [6.07, 6.45) is 7.90. The Bertz CT molecular complexity index is 501. The van der Waals surface area contributed by atoms with Gasteiger partial charge < -0.3 is 9.64 Å². The molecule has 2 rings (SSSR count). The van der Waals surface area contributed by atoms with Crippen LogP contribution >= 0.6 is 0 Å². The summed E-state index contributed by atoms with van der Waals surface area (Å²) in [6.45, 7) is 1.27. The van der Waals surface area contributed by atoms with E-state index in [1.54, 1.807) is 12.0 Å². The minimum Gasteiger partial charge on any atom is -0.383 e. The predicted molar refractivity (Wildman–Crippen MR) is 94.8 cm³/mol. The summed E-state index contributed by atoms with van der Waals surface area (Å²) in [4.78, 5) is 16.7. The number of methoxy groups -OCH3 is 1. The molecule has 0 aromatic rings. The quantitative estimate of drug-likeness (QED) is 0.640. The first kappa shape index (κ1) is 19.7. The lowest BCUT2D eigenvalue weighted by atomic mass is 10.1. The van der Waals surface area contributed by atoms with Gasteiger partial charge in [0.1, 0.15) is 0 Å². The summed E-state index contributed by atoms with van der Waals surface area (Å²) in [6, 6.07) is 0.271. The van der Waals surface area contributed by atoms with E-state index in [1.165, 1.54) is 25.7 Å². The lowest BCUT2D eigenvalue weighted by Gasteiger charge is -2.32. The molecule has 7 heteroatoms. The Labute approximate surface area is 146 Å². The number of ether oxygens (including phenoxy) is 1. The summed E-state index contributed by atoms with van der Waals surface area (Å²) in [5.41, 5.74) is 0. The Morgan fingerprint density at radius 1 is 1.08 bits per heavy atom. The van der Waals surface area contributed by atoms with Crippen LogP contribution in [-0.4, -0.2) is 81.6 Å². The van der Waals surface area contributed by atoms with Crippen LogP contribution in [0.1, 0.15) is 44.9 Å². The average Bonchev–Trinajstić information content (AvgIpc) is 2.75. The lowest BCUT2D eigenvalue weighted by Crippen LogP contribution is -2.48. The van der Waals surface area contributed by atoms with Crippen molar-refractivity contribution in [2.45, 2.75) is 57.0 Å². The van der Waals surface area contributed by atoms with Crippen LogP contribution in [0.2, 0.25) is 0 Å². The highest BCUT2D eigenvalue weighted by atomic mass is 32.2. The molecule has 1 aliphatic heterocycles. The normalized spacial score (nSPS) is 24.9. The maximum absolute atomic E-state index is 12.8.